The van der Waals surface area contributed by atoms with Crippen LogP contribution in [0.3, 0.4) is 0 Å². The van der Waals surface area contributed by atoms with Crippen molar-refractivity contribution in [3.63, 3.8) is 0 Å². The molecule has 0 bridgehead atoms. The van der Waals surface area contributed by atoms with Crippen LogP contribution in [0.25, 0.3) is 11.3 Å². The second-order valence-electron chi connectivity index (χ2n) is 6.37. The van der Waals surface area contributed by atoms with Crippen LogP contribution in [0, 0.1) is 17.1 Å². The summed E-state index contributed by atoms with van der Waals surface area (Å²) in [5.41, 5.74) is 1.67. The maximum Gasteiger partial charge on any atom is 0.255 e. The number of nitrogens with one attached hydrogen (secondary N) is 2. The summed E-state index contributed by atoms with van der Waals surface area (Å²) >= 11 is 0. The molecule has 28 heavy (non-hydrogen) atoms. The number of rotatable bonds is 6. The van der Waals surface area contributed by atoms with Gasteiger partial charge in [0.05, 0.1) is 35.3 Å². The van der Waals surface area contributed by atoms with Gasteiger partial charge >= 0.3 is 0 Å². The lowest BCUT2D eigenvalue weighted by Crippen LogP contribution is -2.24. The normalized spacial score (nSPS) is 13.0. The number of carbonyl (C=O) groups excluding carboxylic acids is 1. The highest BCUT2D eigenvalue weighted by atomic mass is 19.1. The van der Waals surface area contributed by atoms with E-state index in [-0.39, 0.29) is 12.1 Å². The molecule has 1 aliphatic rings. The SMILES string of the molecule is N#CCNC(=O)c1ccc(-c2ccnc(Nc3cnn(C4CC4)c3)n2)cc1F. The molecule has 1 amide bonds. The summed E-state index contributed by atoms with van der Waals surface area (Å²) < 4.78 is 16.2. The molecule has 0 radical (unpaired) electrons. The van der Waals surface area contributed by atoms with Gasteiger partial charge in [0.1, 0.15) is 12.4 Å². The molecule has 2 aromatic heterocycles. The van der Waals surface area contributed by atoms with Crippen molar-refractivity contribution in [3.8, 4) is 17.3 Å². The Labute approximate surface area is 160 Å². The summed E-state index contributed by atoms with van der Waals surface area (Å²) in [5, 5.41) is 18.2. The molecule has 8 nitrogen and oxygen atoms in total. The molecule has 4 rings (SSSR count). The molecule has 1 fully saturated rings. The first-order valence-electron chi connectivity index (χ1n) is 8.73. The van der Waals surface area contributed by atoms with Gasteiger partial charge in [-0.1, -0.05) is 6.07 Å². The van der Waals surface area contributed by atoms with Crippen LogP contribution in [0.4, 0.5) is 16.0 Å². The number of aromatic nitrogens is 4. The standard InChI is InChI=1S/C19H16FN7O/c20-16-9-12(1-4-15(16)18(28)22-8-6-21)17-5-7-23-19(26-17)25-13-10-24-27(11-13)14-2-3-14/h1,4-5,7,9-11,14H,2-3,8H2,(H,22,28)(H,23,25,26). The van der Waals surface area contributed by atoms with Gasteiger partial charge in [0.2, 0.25) is 5.95 Å². The van der Waals surface area contributed by atoms with Crippen molar-refractivity contribution in [1.82, 2.24) is 25.1 Å². The molecule has 3 aromatic rings. The molecule has 2 N–H and O–H groups in total. The topological polar surface area (TPSA) is 109 Å². The predicted molar refractivity (Wildman–Crippen MR) is 99.2 cm³/mol. The lowest BCUT2D eigenvalue weighted by molar-refractivity contribution is 0.0954. The number of carbonyl (C=O) groups is 1. The number of hydrogen-bond donors (Lipinski definition) is 2. The molecule has 140 valence electrons. The van der Waals surface area contributed by atoms with Crippen LogP contribution in [0.2, 0.25) is 0 Å². The van der Waals surface area contributed by atoms with Crippen LogP contribution in [-0.4, -0.2) is 32.2 Å². The second kappa shape index (κ2) is 7.44. The van der Waals surface area contributed by atoms with E-state index in [0.29, 0.717) is 23.2 Å². The quantitative estimate of drug-likeness (QED) is 0.640. The third-order valence-electron chi connectivity index (χ3n) is 4.27. The maximum absolute atomic E-state index is 14.3. The number of hydrogen-bond acceptors (Lipinski definition) is 6. The average molecular weight is 377 g/mol. The summed E-state index contributed by atoms with van der Waals surface area (Å²) in [6.07, 6.45) is 7.47. The van der Waals surface area contributed by atoms with E-state index in [2.05, 4.69) is 25.7 Å². The minimum absolute atomic E-state index is 0.126. The first kappa shape index (κ1) is 17.6. The number of anilines is 2. The number of halogens is 1. The molecule has 1 saturated carbocycles. The van der Waals surface area contributed by atoms with Crippen LogP contribution >= 0.6 is 0 Å². The average Bonchev–Trinajstić information content (AvgIpc) is 3.45. The number of amides is 1. The Kier molecular flexibility index (Phi) is 4.68. The number of nitriles is 1. The molecule has 0 spiro atoms. The highest BCUT2D eigenvalue weighted by molar-refractivity contribution is 5.95. The van der Waals surface area contributed by atoms with Gasteiger partial charge in [-0.15, -0.1) is 0 Å². The van der Waals surface area contributed by atoms with E-state index in [1.54, 1.807) is 30.6 Å². The van der Waals surface area contributed by atoms with Gasteiger partial charge in [0, 0.05) is 18.0 Å². The Bertz CT molecular complexity index is 1070. The number of benzene rings is 1. The minimum atomic E-state index is -0.688. The van der Waals surface area contributed by atoms with Crippen LogP contribution in [-0.2, 0) is 0 Å². The Morgan fingerprint density at radius 2 is 2.21 bits per heavy atom. The van der Waals surface area contributed by atoms with Crippen molar-refractivity contribution in [2.24, 2.45) is 0 Å². The molecule has 1 aliphatic carbocycles. The lowest BCUT2D eigenvalue weighted by atomic mass is 10.1. The van der Waals surface area contributed by atoms with Gasteiger partial charge in [-0.2, -0.15) is 10.4 Å². The van der Waals surface area contributed by atoms with Gasteiger partial charge in [-0.05, 0) is 31.0 Å². The summed E-state index contributed by atoms with van der Waals surface area (Å²) in [4.78, 5) is 20.4. The van der Waals surface area contributed by atoms with Crippen molar-refractivity contribution in [3.05, 3.63) is 54.2 Å². The summed E-state index contributed by atoms with van der Waals surface area (Å²) in [6, 6.07) is 8.12. The zero-order chi connectivity index (χ0) is 19.5. The predicted octanol–water partition coefficient (Wildman–Crippen LogP) is 2.81. The fraction of sp³-hybridized carbons (Fsp3) is 0.211. The molecule has 0 aliphatic heterocycles. The van der Waals surface area contributed by atoms with Gasteiger partial charge in [-0.25, -0.2) is 14.4 Å². The highest BCUT2D eigenvalue weighted by Gasteiger charge is 2.24. The summed E-state index contributed by atoms with van der Waals surface area (Å²) in [5.74, 6) is -0.959. The smallest absolute Gasteiger partial charge is 0.255 e. The minimum Gasteiger partial charge on any atom is -0.339 e. The molecule has 0 atom stereocenters. The molecule has 0 saturated heterocycles. The van der Waals surface area contributed by atoms with Crippen LogP contribution in [0.1, 0.15) is 29.2 Å². The fourth-order valence-electron chi connectivity index (χ4n) is 2.72. The third-order valence-corrected chi connectivity index (χ3v) is 4.27. The maximum atomic E-state index is 14.3. The van der Waals surface area contributed by atoms with Crippen molar-refractivity contribution in [2.75, 3.05) is 11.9 Å². The van der Waals surface area contributed by atoms with Crippen molar-refractivity contribution in [1.29, 1.82) is 5.26 Å². The first-order valence-corrected chi connectivity index (χ1v) is 8.73. The molecule has 2 heterocycles. The molecule has 9 heteroatoms. The van der Waals surface area contributed by atoms with Crippen molar-refractivity contribution < 1.29 is 9.18 Å². The largest absolute Gasteiger partial charge is 0.339 e. The Morgan fingerprint density at radius 3 is 2.96 bits per heavy atom. The first-order chi connectivity index (χ1) is 13.6. The Morgan fingerprint density at radius 1 is 1.36 bits per heavy atom. The van der Waals surface area contributed by atoms with E-state index in [1.807, 2.05) is 10.9 Å². The van der Waals surface area contributed by atoms with Crippen molar-refractivity contribution in [2.45, 2.75) is 18.9 Å². The molecule has 1 aromatic carbocycles. The monoisotopic (exact) mass is 377 g/mol. The van der Waals surface area contributed by atoms with Gasteiger partial charge in [0.25, 0.3) is 5.91 Å². The third kappa shape index (κ3) is 3.81. The lowest BCUT2D eigenvalue weighted by Gasteiger charge is -2.07. The van der Waals surface area contributed by atoms with Gasteiger partial charge in [0.15, 0.2) is 0 Å². The molecular formula is C19H16FN7O. The van der Waals surface area contributed by atoms with Gasteiger partial charge in [-0.3, -0.25) is 9.48 Å². The van der Waals surface area contributed by atoms with E-state index < -0.39 is 11.7 Å². The van der Waals surface area contributed by atoms with E-state index >= 15 is 0 Å². The Hall–Kier alpha value is -3.80. The van der Waals surface area contributed by atoms with E-state index in [9.17, 15) is 9.18 Å². The fourth-order valence-corrected chi connectivity index (χ4v) is 2.72. The van der Waals surface area contributed by atoms with Crippen molar-refractivity contribution >= 4 is 17.5 Å². The van der Waals surface area contributed by atoms with Crippen LogP contribution in [0.5, 0.6) is 0 Å². The zero-order valence-electron chi connectivity index (χ0n) is 14.8. The molecular weight excluding hydrogens is 361 g/mol. The molecule has 0 unspecified atom stereocenters. The number of nitrogens with zero attached hydrogens (tertiary/aromatic N) is 5. The summed E-state index contributed by atoms with van der Waals surface area (Å²) in [7, 11) is 0. The Balaban J connectivity index is 1.52. The summed E-state index contributed by atoms with van der Waals surface area (Å²) in [6.45, 7) is -0.182. The second-order valence-corrected chi connectivity index (χ2v) is 6.37. The highest BCUT2D eigenvalue weighted by Crippen LogP contribution is 2.34. The van der Waals surface area contributed by atoms with E-state index in [1.165, 1.54) is 12.1 Å². The zero-order valence-corrected chi connectivity index (χ0v) is 14.8. The van der Waals surface area contributed by atoms with Gasteiger partial charge < -0.3 is 10.6 Å². The van der Waals surface area contributed by atoms with Crippen LogP contribution < -0.4 is 10.6 Å². The van der Waals surface area contributed by atoms with E-state index in [4.69, 9.17) is 5.26 Å². The van der Waals surface area contributed by atoms with Crippen LogP contribution in [0.15, 0.2) is 42.9 Å². The van der Waals surface area contributed by atoms with E-state index in [0.717, 1.165) is 18.5 Å².